The average molecular weight is 265 g/mol. The molecule has 2 aromatic rings. The van der Waals surface area contributed by atoms with E-state index in [9.17, 15) is 0 Å². The molecule has 1 aromatic carbocycles. The average Bonchev–Trinajstić information content (AvgIpc) is 2.99. The minimum atomic E-state index is 0.512. The summed E-state index contributed by atoms with van der Waals surface area (Å²) in [4.78, 5) is 0. The van der Waals surface area contributed by atoms with Crippen molar-refractivity contribution in [1.82, 2.24) is 9.88 Å². The van der Waals surface area contributed by atoms with Crippen molar-refractivity contribution in [2.45, 2.75) is 32.4 Å². The van der Waals surface area contributed by atoms with E-state index >= 15 is 0 Å². The van der Waals surface area contributed by atoms with Gasteiger partial charge >= 0.3 is 0 Å². The van der Waals surface area contributed by atoms with Crippen molar-refractivity contribution in [1.29, 1.82) is 5.26 Å². The van der Waals surface area contributed by atoms with Gasteiger partial charge < -0.3 is 9.88 Å². The van der Waals surface area contributed by atoms with Crippen LogP contribution in [0.4, 0.5) is 0 Å². The van der Waals surface area contributed by atoms with Crippen LogP contribution in [0.5, 0.6) is 0 Å². The number of fused-ring (bicyclic) bond motifs is 1. The molecule has 3 heteroatoms. The summed E-state index contributed by atoms with van der Waals surface area (Å²) in [6, 6.07) is 13.4. The van der Waals surface area contributed by atoms with E-state index in [0.29, 0.717) is 6.04 Å². The maximum atomic E-state index is 9.06. The lowest BCUT2D eigenvalue weighted by molar-refractivity contribution is 0.531. The Bertz CT molecular complexity index is 651. The van der Waals surface area contributed by atoms with Crippen LogP contribution in [0.1, 0.15) is 28.1 Å². The van der Waals surface area contributed by atoms with Crippen LogP contribution in [-0.2, 0) is 26.4 Å². The number of rotatable bonds is 3. The van der Waals surface area contributed by atoms with Gasteiger partial charge in [0.2, 0.25) is 0 Å². The molecule has 0 radical (unpaired) electrons. The van der Waals surface area contributed by atoms with Crippen LogP contribution in [0.25, 0.3) is 0 Å². The van der Waals surface area contributed by atoms with E-state index in [2.05, 4.69) is 42.6 Å². The molecule has 3 nitrogen and oxygen atoms in total. The zero-order valence-electron chi connectivity index (χ0n) is 12.0. The molecule has 0 unspecified atom stereocenters. The van der Waals surface area contributed by atoms with Crippen molar-refractivity contribution >= 4 is 0 Å². The molecule has 3 rings (SSSR count). The first-order valence-corrected chi connectivity index (χ1v) is 7.04. The Kier molecular flexibility index (Phi) is 3.33. The van der Waals surface area contributed by atoms with E-state index in [1.165, 1.54) is 22.4 Å². The highest BCUT2D eigenvalue weighted by atomic mass is 15.0. The minimum absolute atomic E-state index is 0.512. The molecule has 0 bridgehead atoms. The number of aromatic nitrogens is 1. The molecule has 1 aliphatic rings. The SMILES string of the molecule is Cc1c(CNC2Cc3ccccc3C2)cc(C#N)n1C. The third-order valence-electron chi connectivity index (χ3n) is 4.39. The van der Waals surface area contributed by atoms with Crippen LogP contribution in [0.3, 0.4) is 0 Å². The van der Waals surface area contributed by atoms with Gasteiger partial charge in [0.25, 0.3) is 0 Å². The van der Waals surface area contributed by atoms with E-state index in [1.54, 1.807) is 0 Å². The van der Waals surface area contributed by atoms with Crippen LogP contribution in [0, 0.1) is 18.3 Å². The minimum Gasteiger partial charge on any atom is -0.340 e. The smallest absolute Gasteiger partial charge is 0.120 e. The summed E-state index contributed by atoms with van der Waals surface area (Å²) in [7, 11) is 1.95. The van der Waals surface area contributed by atoms with Crippen molar-refractivity contribution in [3.8, 4) is 6.07 Å². The number of nitrogens with zero attached hydrogens (tertiary/aromatic N) is 2. The number of nitrogens with one attached hydrogen (secondary N) is 1. The first kappa shape index (κ1) is 13.0. The molecular formula is C17H19N3. The lowest BCUT2D eigenvalue weighted by Crippen LogP contribution is -2.29. The lowest BCUT2D eigenvalue weighted by Gasteiger charge is -2.11. The summed E-state index contributed by atoms with van der Waals surface area (Å²) in [5, 5.41) is 12.7. The highest BCUT2D eigenvalue weighted by molar-refractivity contribution is 5.35. The summed E-state index contributed by atoms with van der Waals surface area (Å²) < 4.78 is 1.96. The normalized spacial score (nSPS) is 14.2. The number of benzene rings is 1. The van der Waals surface area contributed by atoms with Crippen molar-refractivity contribution in [3.05, 3.63) is 58.4 Å². The highest BCUT2D eigenvalue weighted by Crippen LogP contribution is 2.22. The van der Waals surface area contributed by atoms with Crippen LogP contribution in [0.2, 0.25) is 0 Å². The van der Waals surface area contributed by atoms with Crippen molar-refractivity contribution in [3.63, 3.8) is 0 Å². The van der Waals surface area contributed by atoms with Gasteiger partial charge in [-0.2, -0.15) is 5.26 Å². The van der Waals surface area contributed by atoms with E-state index in [4.69, 9.17) is 5.26 Å². The Balaban J connectivity index is 1.66. The van der Waals surface area contributed by atoms with Crippen molar-refractivity contribution in [2.24, 2.45) is 7.05 Å². The first-order valence-electron chi connectivity index (χ1n) is 7.04. The molecule has 1 aromatic heterocycles. The molecular weight excluding hydrogens is 246 g/mol. The summed E-state index contributed by atoms with van der Waals surface area (Å²) in [6.45, 7) is 2.90. The second kappa shape index (κ2) is 5.15. The number of hydrogen-bond donors (Lipinski definition) is 1. The van der Waals surface area contributed by atoms with E-state index in [1.807, 2.05) is 17.7 Å². The van der Waals surface area contributed by atoms with Crippen molar-refractivity contribution in [2.75, 3.05) is 0 Å². The largest absolute Gasteiger partial charge is 0.340 e. The summed E-state index contributed by atoms with van der Waals surface area (Å²) in [6.07, 6.45) is 2.21. The first-order chi connectivity index (χ1) is 9.69. The van der Waals surface area contributed by atoms with Gasteiger partial charge in [-0.15, -0.1) is 0 Å². The van der Waals surface area contributed by atoms with E-state index < -0.39 is 0 Å². The molecule has 1 heterocycles. The van der Waals surface area contributed by atoms with E-state index in [-0.39, 0.29) is 0 Å². The van der Waals surface area contributed by atoms with Gasteiger partial charge in [-0.25, -0.2) is 0 Å². The molecule has 20 heavy (non-hydrogen) atoms. The molecule has 0 atom stereocenters. The fourth-order valence-electron chi connectivity index (χ4n) is 3.01. The number of nitriles is 1. The second-order valence-corrected chi connectivity index (χ2v) is 5.57. The van der Waals surface area contributed by atoms with Crippen LogP contribution in [-0.4, -0.2) is 10.6 Å². The highest BCUT2D eigenvalue weighted by Gasteiger charge is 2.20. The predicted octanol–water partition coefficient (Wildman–Crippen LogP) is 2.46. The van der Waals surface area contributed by atoms with Crippen LogP contribution >= 0.6 is 0 Å². The maximum Gasteiger partial charge on any atom is 0.120 e. The zero-order valence-corrected chi connectivity index (χ0v) is 12.0. The Morgan fingerprint density at radius 3 is 2.50 bits per heavy atom. The summed E-state index contributed by atoms with van der Waals surface area (Å²) >= 11 is 0. The van der Waals surface area contributed by atoms with Gasteiger partial charge in [-0.3, -0.25) is 0 Å². The fourth-order valence-corrected chi connectivity index (χ4v) is 3.01. The van der Waals surface area contributed by atoms with Gasteiger partial charge in [0, 0.05) is 25.3 Å². The summed E-state index contributed by atoms with van der Waals surface area (Å²) in [5.41, 5.74) is 6.05. The molecule has 0 spiro atoms. The Labute approximate surface area is 119 Å². The molecule has 0 fully saturated rings. The molecule has 1 N–H and O–H groups in total. The van der Waals surface area contributed by atoms with Crippen LogP contribution in [0.15, 0.2) is 30.3 Å². The zero-order chi connectivity index (χ0) is 14.1. The summed E-state index contributed by atoms with van der Waals surface area (Å²) in [5.74, 6) is 0. The third kappa shape index (κ3) is 2.23. The third-order valence-corrected chi connectivity index (χ3v) is 4.39. The van der Waals surface area contributed by atoms with Gasteiger partial charge in [0.1, 0.15) is 11.8 Å². The standard InChI is InChI=1S/C17H19N3/c1-12-15(9-17(10-18)20(12)2)11-19-16-7-13-5-3-4-6-14(13)8-16/h3-6,9,16,19H,7-8,11H2,1-2H3. The Morgan fingerprint density at radius 1 is 1.30 bits per heavy atom. The van der Waals surface area contributed by atoms with Gasteiger partial charge in [-0.05, 0) is 42.5 Å². The van der Waals surface area contributed by atoms with E-state index in [0.717, 1.165) is 25.1 Å². The molecule has 0 saturated heterocycles. The molecule has 0 amide bonds. The fraction of sp³-hybridized carbons (Fsp3) is 0.353. The molecule has 1 aliphatic carbocycles. The molecule has 102 valence electrons. The topological polar surface area (TPSA) is 40.8 Å². The second-order valence-electron chi connectivity index (χ2n) is 5.57. The quantitative estimate of drug-likeness (QED) is 0.926. The predicted molar refractivity (Wildman–Crippen MR) is 79.3 cm³/mol. The molecule has 0 saturated carbocycles. The monoisotopic (exact) mass is 265 g/mol. The Hall–Kier alpha value is -2.05. The lowest BCUT2D eigenvalue weighted by atomic mass is 10.1. The van der Waals surface area contributed by atoms with Gasteiger partial charge in [0.05, 0.1) is 0 Å². The maximum absolute atomic E-state index is 9.06. The number of hydrogen-bond acceptors (Lipinski definition) is 2. The van der Waals surface area contributed by atoms with Crippen LogP contribution < -0.4 is 5.32 Å². The van der Waals surface area contributed by atoms with Gasteiger partial charge in [0.15, 0.2) is 0 Å². The molecule has 0 aliphatic heterocycles. The van der Waals surface area contributed by atoms with Crippen molar-refractivity contribution < 1.29 is 0 Å². The van der Waals surface area contributed by atoms with Gasteiger partial charge in [-0.1, -0.05) is 24.3 Å². The Morgan fingerprint density at radius 2 is 1.95 bits per heavy atom.